The predicted molar refractivity (Wildman–Crippen MR) is 116 cm³/mol. The van der Waals surface area contributed by atoms with Crippen molar-refractivity contribution in [1.29, 1.82) is 0 Å². The number of H-pyrrole nitrogens is 1. The molecule has 6 heteroatoms. The van der Waals surface area contributed by atoms with Gasteiger partial charge in [-0.1, -0.05) is 13.8 Å². The number of unbranched alkanes of at least 4 members (excludes halogenated alkanes) is 1. The van der Waals surface area contributed by atoms with Gasteiger partial charge in [0.2, 0.25) is 11.8 Å². The fourth-order valence-electron chi connectivity index (χ4n) is 3.77. The first kappa shape index (κ1) is 19.3. The first-order valence-electron chi connectivity index (χ1n) is 10.2. The third kappa shape index (κ3) is 3.93. The molecule has 0 amide bonds. The smallest absolute Gasteiger partial charge is 0.247 e. The zero-order valence-electron chi connectivity index (χ0n) is 17.2. The highest BCUT2D eigenvalue weighted by atomic mass is 16.4. The summed E-state index contributed by atoms with van der Waals surface area (Å²) in [5.74, 6) is 1.59. The van der Waals surface area contributed by atoms with Crippen LogP contribution in [0.2, 0.25) is 0 Å². The van der Waals surface area contributed by atoms with E-state index in [-0.39, 0.29) is 0 Å². The second kappa shape index (κ2) is 8.17. The van der Waals surface area contributed by atoms with E-state index in [4.69, 9.17) is 10.2 Å². The minimum Gasteiger partial charge on any atom is -0.421 e. The molecule has 0 fully saturated rings. The molecule has 0 spiro atoms. The molecule has 0 saturated carbocycles. The van der Waals surface area contributed by atoms with Crippen molar-refractivity contribution >= 4 is 10.9 Å². The Bertz CT molecular complexity index is 1130. The molecule has 0 aliphatic rings. The number of aromatic nitrogens is 4. The maximum absolute atomic E-state index is 5.89. The highest BCUT2D eigenvalue weighted by molar-refractivity contribution is 5.93. The fraction of sp³-hybridized carbons (Fsp3) is 0.348. The summed E-state index contributed by atoms with van der Waals surface area (Å²) in [6, 6.07) is 10.4. The number of rotatable bonds is 7. The van der Waals surface area contributed by atoms with Gasteiger partial charge in [-0.15, -0.1) is 10.2 Å². The van der Waals surface area contributed by atoms with E-state index >= 15 is 0 Å². The molecule has 29 heavy (non-hydrogen) atoms. The SMILES string of the molecule is Cc1cc(-c2[nH]c3ccc(-c4nnc(CCCCN)o4)cc3c2C(C)C)ccn1. The number of nitrogens with two attached hydrogens (primary N) is 1. The maximum atomic E-state index is 5.89. The Morgan fingerprint density at radius 3 is 2.69 bits per heavy atom. The van der Waals surface area contributed by atoms with Crippen LogP contribution in [0.15, 0.2) is 40.9 Å². The standard InChI is InChI=1S/C23H27N5O/c1-14(2)21-18-13-17(23-28-27-20(29-23)6-4-5-10-24)7-8-19(18)26-22(21)16-9-11-25-15(3)12-16/h7-9,11-14,26H,4-6,10,24H2,1-3H3. The highest BCUT2D eigenvalue weighted by Crippen LogP contribution is 2.37. The number of pyridine rings is 1. The van der Waals surface area contributed by atoms with Gasteiger partial charge in [0.05, 0.1) is 5.69 Å². The van der Waals surface area contributed by atoms with Crippen LogP contribution in [0.25, 0.3) is 33.6 Å². The van der Waals surface area contributed by atoms with E-state index in [0.717, 1.165) is 47.3 Å². The molecule has 0 atom stereocenters. The van der Waals surface area contributed by atoms with Crippen molar-refractivity contribution in [3.05, 3.63) is 53.7 Å². The third-order valence-electron chi connectivity index (χ3n) is 5.16. The van der Waals surface area contributed by atoms with Gasteiger partial charge in [-0.05, 0) is 68.1 Å². The van der Waals surface area contributed by atoms with E-state index in [0.29, 0.717) is 24.2 Å². The number of benzene rings is 1. The topological polar surface area (TPSA) is 93.6 Å². The number of aryl methyl sites for hydroxylation is 2. The lowest BCUT2D eigenvalue weighted by molar-refractivity contribution is 0.494. The highest BCUT2D eigenvalue weighted by Gasteiger charge is 2.18. The molecule has 0 saturated heterocycles. The zero-order valence-corrected chi connectivity index (χ0v) is 17.2. The van der Waals surface area contributed by atoms with Crippen molar-refractivity contribution in [2.75, 3.05) is 6.54 Å². The molecular formula is C23H27N5O. The Labute approximate surface area is 170 Å². The second-order valence-electron chi connectivity index (χ2n) is 7.76. The lowest BCUT2D eigenvalue weighted by Gasteiger charge is -2.09. The molecule has 4 aromatic rings. The van der Waals surface area contributed by atoms with E-state index in [9.17, 15) is 0 Å². The minimum atomic E-state index is 0.358. The Hall–Kier alpha value is -2.99. The van der Waals surface area contributed by atoms with Crippen LogP contribution in [0.3, 0.4) is 0 Å². The van der Waals surface area contributed by atoms with Gasteiger partial charge in [-0.25, -0.2) is 0 Å². The van der Waals surface area contributed by atoms with Crippen LogP contribution in [-0.4, -0.2) is 26.7 Å². The van der Waals surface area contributed by atoms with Crippen molar-refractivity contribution in [2.24, 2.45) is 5.73 Å². The summed E-state index contributed by atoms with van der Waals surface area (Å²) >= 11 is 0. The molecule has 0 aliphatic carbocycles. The first-order chi connectivity index (χ1) is 14.1. The number of hydrogen-bond acceptors (Lipinski definition) is 5. The summed E-state index contributed by atoms with van der Waals surface area (Å²) in [5.41, 5.74) is 12.2. The lowest BCUT2D eigenvalue weighted by Crippen LogP contribution is -1.98. The fourth-order valence-corrected chi connectivity index (χ4v) is 3.77. The number of nitrogens with one attached hydrogen (secondary N) is 1. The zero-order chi connectivity index (χ0) is 20.4. The average molecular weight is 390 g/mol. The average Bonchev–Trinajstić information content (AvgIpc) is 3.32. The number of hydrogen-bond donors (Lipinski definition) is 2. The van der Waals surface area contributed by atoms with Gasteiger partial charge in [0.25, 0.3) is 0 Å². The van der Waals surface area contributed by atoms with E-state index in [1.54, 1.807) is 0 Å². The molecule has 0 radical (unpaired) electrons. The number of nitrogens with zero attached hydrogens (tertiary/aromatic N) is 3. The summed E-state index contributed by atoms with van der Waals surface area (Å²) < 4.78 is 5.89. The Balaban J connectivity index is 1.75. The van der Waals surface area contributed by atoms with Gasteiger partial charge in [-0.3, -0.25) is 4.98 Å². The Kier molecular flexibility index (Phi) is 5.45. The van der Waals surface area contributed by atoms with Crippen molar-refractivity contribution in [1.82, 2.24) is 20.2 Å². The van der Waals surface area contributed by atoms with Gasteiger partial charge < -0.3 is 15.1 Å². The van der Waals surface area contributed by atoms with Crippen LogP contribution in [0.4, 0.5) is 0 Å². The Morgan fingerprint density at radius 1 is 1.07 bits per heavy atom. The van der Waals surface area contributed by atoms with Crippen molar-refractivity contribution in [3.63, 3.8) is 0 Å². The van der Waals surface area contributed by atoms with Crippen molar-refractivity contribution < 1.29 is 4.42 Å². The van der Waals surface area contributed by atoms with Crippen LogP contribution in [-0.2, 0) is 6.42 Å². The molecule has 0 bridgehead atoms. The van der Waals surface area contributed by atoms with E-state index in [2.05, 4.69) is 58.3 Å². The summed E-state index contributed by atoms with van der Waals surface area (Å²) in [4.78, 5) is 7.93. The van der Waals surface area contributed by atoms with Crippen molar-refractivity contribution in [3.8, 4) is 22.7 Å². The molecule has 3 heterocycles. The number of fused-ring (bicyclic) bond motifs is 1. The van der Waals surface area contributed by atoms with Crippen LogP contribution in [0.1, 0.15) is 49.8 Å². The normalized spacial score (nSPS) is 11.6. The van der Waals surface area contributed by atoms with Gasteiger partial charge in [0, 0.05) is 40.3 Å². The summed E-state index contributed by atoms with van der Waals surface area (Å²) in [6.45, 7) is 7.13. The second-order valence-corrected chi connectivity index (χ2v) is 7.76. The third-order valence-corrected chi connectivity index (χ3v) is 5.16. The quantitative estimate of drug-likeness (QED) is 0.434. The van der Waals surface area contributed by atoms with E-state index < -0.39 is 0 Å². The summed E-state index contributed by atoms with van der Waals surface area (Å²) in [6.07, 6.45) is 4.54. The minimum absolute atomic E-state index is 0.358. The Morgan fingerprint density at radius 2 is 1.93 bits per heavy atom. The molecule has 6 nitrogen and oxygen atoms in total. The molecular weight excluding hydrogens is 362 g/mol. The molecule has 150 valence electrons. The molecule has 1 aromatic carbocycles. The summed E-state index contributed by atoms with van der Waals surface area (Å²) in [7, 11) is 0. The molecule has 3 N–H and O–H groups in total. The lowest BCUT2D eigenvalue weighted by atomic mass is 9.95. The van der Waals surface area contributed by atoms with Crippen LogP contribution < -0.4 is 5.73 Å². The van der Waals surface area contributed by atoms with Crippen LogP contribution in [0, 0.1) is 6.92 Å². The van der Waals surface area contributed by atoms with E-state index in [1.807, 2.05) is 19.2 Å². The predicted octanol–water partition coefficient (Wildman–Crippen LogP) is 4.99. The van der Waals surface area contributed by atoms with Gasteiger partial charge in [0.15, 0.2) is 0 Å². The van der Waals surface area contributed by atoms with Gasteiger partial charge in [0.1, 0.15) is 0 Å². The van der Waals surface area contributed by atoms with E-state index in [1.165, 1.54) is 10.9 Å². The largest absolute Gasteiger partial charge is 0.421 e. The van der Waals surface area contributed by atoms with Crippen LogP contribution >= 0.6 is 0 Å². The van der Waals surface area contributed by atoms with Crippen molar-refractivity contribution in [2.45, 2.75) is 46.0 Å². The molecule has 4 rings (SSSR count). The first-order valence-corrected chi connectivity index (χ1v) is 10.2. The molecule has 3 aromatic heterocycles. The van der Waals surface area contributed by atoms with Gasteiger partial charge in [-0.2, -0.15) is 0 Å². The molecule has 0 aliphatic heterocycles. The molecule has 0 unspecified atom stereocenters. The number of aromatic amines is 1. The van der Waals surface area contributed by atoms with Crippen LogP contribution in [0.5, 0.6) is 0 Å². The summed E-state index contributed by atoms with van der Waals surface area (Å²) in [5, 5.41) is 9.63. The monoisotopic (exact) mass is 389 g/mol. The maximum Gasteiger partial charge on any atom is 0.247 e. The van der Waals surface area contributed by atoms with Gasteiger partial charge >= 0.3 is 0 Å².